The average molecular weight is 1080 g/mol. The van der Waals surface area contributed by atoms with Crippen LogP contribution < -0.4 is 9.80 Å². The predicted octanol–water partition coefficient (Wildman–Crippen LogP) is 22.4. The molecule has 0 amide bonds. The van der Waals surface area contributed by atoms with Crippen LogP contribution in [-0.2, 0) is 5.41 Å². The van der Waals surface area contributed by atoms with Crippen LogP contribution in [0.5, 0.6) is 0 Å². The van der Waals surface area contributed by atoms with E-state index in [1.54, 1.807) is 0 Å². The first-order chi connectivity index (χ1) is 42.2. The van der Waals surface area contributed by atoms with Crippen molar-refractivity contribution < 1.29 is 8.83 Å². The van der Waals surface area contributed by atoms with E-state index in [4.69, 9.17) is 8.83 Å². The molecule has 0 N–H and O–H groups in total. The lowest BCUT2D eigenvalue weighted by molar-refractivity contribution is 0.668. The lowest BCUT2D eigenvalue weighted by Crippen LogP contribution is -2.25. The summed E-state index contributed by atoms with van der Waals surface area (Å²) in [6.07, 6.45) is 0. The number of fused-ring (bicyclic) bond motifs is 18. The molecular weight excluding hydrogens is 1030 g/mol. The highest BCUT2D eigenvalue weighted by molar-refractivity contribution is 6.13. The molecule has 2 aliphatic carbocycles. The first kappa shape index (κ1) is 47.4. The summed E-state index contributed by atoms with van der Waals surface area (Å²) in [5.41, 5.74) is 23.7. The lowest BCUT2D eigenvalue weighted by atomic mass is 9.70. The molecule has 0 saturated carbocycles. The molecule has 396 valence electrons. The number of rotatable bonds is 8. The normalized spacial score (nSPS) is 12.8. The van der Waals surface area contributed by atoms with Crippen LogP contribution >= 0.6 is 0 Å². The van der Waals surface area contributed by atoms with Gasteiger partial charge in [0.1, 0.15) is 11.2 Å². The minimum atomic E-state index is -0.620. The quantitative estimate of drug-likeness (QED) is 0.152. The van der Waals surface area contributed by atoms with Crippen molar-refractivity contribution in [2.45, 2.75) is 5.41 Å². The fourth-order valence-corrected chi connectivity index (χ4v) is 14.6. The number of furan rings is 2. The van der Waals surface area contributed by atoms with Gasteiger partial charge in [0.05, 0.1) is 28.2 Å². The SMILES string of the molecule is c1ccc(-c2ccccc2N(c2ccc3cc4c(cc3c2)C2(c3ccccc3-c3ccccc32)c2cc3cc(N(c5ccccc5-c5ccccc5)c5cccc6c5oc5ccccc56)ccc3cc2-4)c2cccc3c2oc2ccccc23)cc1. The van der Waals surface area contributed by atoms with Gasteiger partial charge in [-0.2, -0.15) is 0 Å². The van der Waals surface area contributed by atoms with Gasteiger partial charge in [0.25, 0.3) is 0 Å². The monoisotopic (exact) mass is 1080 g/mol. The van der Waals surface area contributed by atoms with E-state index >= 15 is 0 Å². The van der Waals surface area contributed by atoms with Crippen LogP contribution in [0.1, 0.15) is 22.3 Å². The van der Waals surface area contributed by atoms with Crippen molar-refractivity contribution in [3.8, 4) is 44.5 Å². The molecule has 0 bridgehead atoms. The number of nitrogens with zero attached hydrogens (tertiary/aromatic N) is 2. The molecule has 0 aliphatic heterocycles. The van der Waals surface area contributed by atoms with Gasteiger partial charge in [-0.1, -0.05) is 218 Å². The number of hydrogen-bond acceptors (Lipinski definition) is 4. The summed E-state index contributed by atoms with van der Waals surface area (Å²) in [7, 11) is 0. The minimum Gasteiger partial charge on any atom is -0.454 e. The van der Waals surface area contributed by atoms with Crippen molar-refractivity contribution >= 4 is 99.5 Å². The van der Waals surface area contributed by atoms with Gasteiger partial charge in [-0.3, -0.25) is 0 Å². The van der Waals surface area contributed by atoms with Crippen LogP contribution in [0.25, 0.3) is 110 Å². The highest BCUT2D eigenvalue weighted by Crippen LogP contribution is 2.64. The zero-order chi connectivity index (χ0) is 55.7. The summed E-state index contributed by atoms with van der Waals surface area (Å²) in [5, 5.41) is 9.02. The maximum absolute atomic E-state index is 6.87. The van der Waals surface area contributed by atoms with Crippen LogP contribution in [0.3, 0.4) is 0 Å². The van der Waals surface area contributed by atoms with E-state index < -0.39 is 5.41 Å². The zero-order valence-electron chi connectivity index (χ0n) is 46.1. The number of anilines is 6. The molecule has 0 radical (unpaired) electrons. The van der Waals surface area contributed by atoms with Gasteiger partial charge in [0, 0.05) is 44.0 Å². The lowest BCUT2D eigenvalue weighted by Gasteiger charge is -2.31. The van der Waals surface area contributed by atoms with E-state index in [-0.39, 0.29) is 0 Å². The Kier molecular flexibility index (Phi) is 10.3. The highest BCUT2D eigenvalue weighted by Gasteiger charge is 2.52. The van der Waals surface area contributed by atoms with Crippen molar-refractivity contribution in [1.82, 2.24) is 0 Å². The summed E-state index contributed by atoms with van der Waals surface area (Å²) in [6.45, 7) is 0. The van der Waals surface area contributed by atoms with E-state index in [2.05, 4.69) is 301 Å². The minimum absolute atomic E-state index is 0.620. The molecule has 0 fully saturated rings. The van der Waals surface area contributed by atoms with Crippen LogP contribution in [-0.4, -0.2) is 0 Å². The smallest absolute Gasteiger partial charge is 0.159 e. The van der Waals surface area contributed by atoms with Crippen molar-refractivity contribution in [2.75, 3.05) is 9.80 Å². The van der Waals surface area contributed by atoms with Gasteiger partial charge < -0.3 is 18.6 Å². The number of benzene rings is 14. The van der Waals surface area contributed by atoms with E-state index in [0.717, 1.165) is 111 Å². The van der Waals surface area contributed by atoms with Gasteiger partial charge in [0.2, 0.25) is 0 Å². The summed E-state index contributed by atoms with van der Waals surface area (Å²) < 4.78 is 13.7. The molecule has 16 aromatic rings. The molecule has 1 spiro atoms. The standard InChI is InChI=1S/C81H50N2O2/c1-3-21-51(22-4-1)59-25-9-15-35-73(59)82(75-37-19-31-65-63-29-11-17-39-77(63)84-79(65)75)57-43-41-53-47-67-68-48-54-42-44-58(46-56(54)50-72(68)81(71(67)49-55(53)45-57)69-33-13-7-27-61(69)62-28-8-14-34-70(62)81)83(74-36-16-10-26-60(74)52-23-5-2-6-24-52)76-38-20-32-66-64-30-12-18-40-78(64)85-80(66)76/h1-50H. The Bertz CT molecular complexity index is 5060. The Labute approximate surface area is 490 Å². The third-order valence-corrected chi connectivity index (χ3v) is 18.2. The molecule has 2 heterocycles. The summed E-state index contributed by atoms with van der Waals surface area (Å²) in [6, 6.07) is 111. The van der Waals surface area contributed by atoms with Crippen molar-refractivity contribution in [2.24, 2.45) is 0 Å². The summed E-state index contributed by atoms with van der Waals surface area (Å²) in [5.74, 6) is 0. The van der Waals surface area contributed by atoms with Gasteiger partial charge in [-0.25, -0.2) is 0 Å². The molecule has 0 saturated heterocycles. The van der Waals surface area contributed by atoms with Gasteiger partial charge in [-0.05, 0) is 162 Å². The Morgan fingerprint density at radius 2 is 0.612 bits per heavy atom. The zero-order valence-corrected chi connectivity index (χ0v) is 46.1. The van der Waals surface area contributed by atoms with E-state index in [9.17, 15) is 0 Å². The molecule has 18 rings (SSSR count). The highest BCUT2D eigenvalue weighted by atomic mass is 16.3. The first-order valence-electron chi connectivity index (χ1n) is 29.2. The Morgan fingerprint density at radius 1 is 0.235 bits per heavy atom. The van der Waals surface area contributed by atoms with Gasteiger partial charge in [-0.15, -0.1) is 0 Å². The molecule has 0 unspecified atom stereocenters. The van der Waals surface area contributed by atoms with E-state index in [1.165, 1.54) is 55.3 Å². The van der Waals surface area contributed by atoms with Crippen molar-refractivity contribution in [3.05, 3.63) is 326 Å². The fourth-order valence-electron chi connectivity index (χ4n) is 14.6. The third kappa shape index (κ3) is 6.97. The molecule has 2 aliphatic rings. The first-order valence-corrected chi connectivity index (χ1v) is 29.2. The number of para-hydroxylation sites is 6. The summed E-state index contributed by atoms with van der Waals surface area (Å²) in [4.78, 5) is 4.82. The van der Waals surface area contributed by atoms with Crippen molar-refractivity contribution in [1.29, 1.82) is 0 Å². The second-order valence-corrected chi connectivity index (χ2v) is 22.6. The fraction of sp³-hybridized carbons (Fsp3) is 0.0123. The average Bonchev–Trinajstić information content (AvgIpc) is 1.56. The topological polar surface area (TPSA) is 32.8 Å². The molecule has 4 heteroatoms. The van der Waals surface area contributed by atoms with Crippen LogP contribution in [0.2, 0.25) is 0 Å². The van der Waals surface area contributed by atoms with Crippen molar-refractivity contribution in [3.63, 3.8) is 0 Å². The molecular formula is C81H50N2O2. The van der Waals surface area contributed by atoms with Crippen LogP contribution in [0.4, 0.5) is 34.1 Å². The predicted molar refractivity (Wildman–Crippen MR) is 353 cm³/mol. The molecule has 14 aromatic carbocycles. The second-order valence-electron chi connectivity index (χ2n) is 22.6. The molecule has 0 atom stereocenters. The molecule has 85 heavy (non-hydrogen) atoms. The Hall–Kier alpha value is -11.2. The van der Waals surface area contributed by atoms with Gasteiger partial charge in [0.15, 0.2) is 11.2 Å². The largest absolute Gasteiger partial charge is 0.454 e. The third-order valence-electron chi connectivity index (χ3n) is 18.2. The van der Waals surface area contributed by atoms with E-state index in [1.807, 2.05) is 12.1 Å². The number of hydrogen-bond donors (Lipinski definition) is 0. The van der Waals surface area contributed by atoms with Crippen LogP contribution in [0, 0.1) is 0 Å². The van der Waals surface area contributed by atoms with Crippen LogP contribution in [0.15, 0.2) is 312 Å². The summed E-state index contributed by atoms with van der Waals surface area (Å²) >= 11 is 0. The molecule has 2 aromatic heterocycles. The Morgan fingerprint density at radius 3 is 1.08 bits per heavy atom. The van der Waals surface area contributed by atoms with E-state index in [0.29, 0.717) is 0 Å². The maximum Gasteiger partial charge on any atom is 0.159 e. The van der Waals surface area contributed by atoms with Gasteiger partial charge >= 0.3 is 0 Å². The maximum atomic E-state index is 6.87. The second kappa shape index (κ2) is 18.4. The molecule has 4 nitrogen and oxygen atoms in total. The Balaban J connectivity index is 0.867.